The lowest BCUT2D eigenvalue weighted by molar-refractivity contribution is 0.175. The predicted octanol–water partition coefficient (Wildman–Crippen LogP) is 3.47. The molecule has 116 valence electrons. The number of benzene rings is 2. The molecule has 4 heteroatoms. The first-order chi connectivity index (χ1) is 10.5. The lowest BCUT2D eigenvalue weighted by Crippen LogP contribution is -2.32. The summed E-state index contributed by atoms with van der Waals surface area (Å²) in [6, 6.07) is 13.0. The van der Waals surface area contributed by atoms with Gasteiger partial charge in [0.15, 0.2) is 0 Å². The van der Waals surface area contributed by atoms with E-state index in [9.17, 15) is 9.90 Å². The van der Waals surface area contributed by atoms with Crippen LogP contribution in [-0.4, -0.2) is 17.7 Å². The Morgan fingerprint density at radius 3 is 2.36 bits per heavy atom. The Bertz CT molecular complexity index is 651. The Kier molecular flexibility index (Phi) is 5.17. The summed E-state index contributed by atoms with van der Waals surface area (Å²) >= 11 is 0. The van der Waals surface area contributed by atoms with Gasteiger partial charge >= 0.3 is 6.03 Å². The summed E-state index contributed by atoms with van der Waals surface area (Å²) in [6.07, 6.45) is -0.717. The van der Waals surface area contributed by atoms with E-state index in [2.05, 4.69) is 10.6 Å². The van der Waals surface area contributed by atoms with Crippen LogP contribution in [0.5, 0.6) is 0 Å². The monoisotopic (exact) mass is 298 g/mol. The molecule has 0 aromatic heterocycles. The quantitative estimate of drug-likeness (QED) is 0.809. The lowest BCUT2D eigenvalue weighted by atomic mass is 10.1. The minimum atomic E-state index is -0.717. The van der Waals surface area contributed by atoms with Crippen LogP contribution in [0, 0.1) is 20.8 Å². The maximum Gasteiger partial charge on any atom is 0.319 e. The van der Waals surface area contributed by atoms with E-state index in [1.54, 1.807) is 0 Å². The number of hydrogen-bond acceptors (Lipinski definition) is 2. The van der Waals surface area contributed by atoms with E-state index in [-0.39, 0.29) is 12.6 Å². The standard InChI is InChI=1S/C18H22N2O2/c1-12-4-7-15(8-5-12)17(21)11-19-18(22)20-16-9-6-13(2)14(3)10-16/h4-10,17,21H,11H2,1-3H3,(H2,19,20,22)/t17-/m0/s1. The summed E-state index contributed by atoms with van der Waals surface area (Å²) in [6.45, 7) is 6.18. The first kappa shape index (κ1) is 16.0. The minimum Gasteiger partial charge on any atom is -0.387 e. The topological polar surface area (TPSA) is 61.4 Å². The van der Waals surface area contributed by atoms with Gasteiger partial charge in [-0.15, -0.1) is 0 Å². The summed E-state index contributed by atoms with van der Waals surface area (Å²) in [5, 5.41) is 15.5. The Hall–Kier alpha value is -2.33. The molecule has 0 saturated carbocycles. The molecular formula is C18H22N2O2. The Morgan fingerprint density at radius 2 is 1.73 bits per heavy atom. The summed E-state index contributed by atoms with van der Waals surface area (Å²) in [5.74, 6) is 0. The van der Waals surface area contributed by atoms with Crippen molar-refractivity contribution in [1.29, 1.82) is 0 Å². The van der Waals surface area contributed by atoms with Crippen molar-refractivity contribution in [2.45, 2.75) is 26.9 Å². The van der Waals surface area contributed by atoms with Gasteiger partial charge in [0.2, 0.25) is 0 Å². The molecule has 0 saturated heterocycles. The fourth-order valence-electron chi connectivity index (χ4n) is 2.09. The normalized spacial score (nSPS) is 11.8. The second-order valence-corrected chi connectivity index (χ2v) is 5.56. The Morgan fingerprint density at radius 1 is 1.05 bits per heavy atom. The number of aliphatic hydroxyl groups is 1. The molecule has 0 aliphatic carbocycles. The Balaban J connectivity index is 1.86. The summed E-state index contributed by atoms with van der Waals surface area (Å²) < 4.78 is 0. The number of carbonyl (C=O) groups excluding carboxylic acids is 1. The molecular weight excluding hydrogens is 276 g/mol. The molecule has 0 heterocycles. The molecule has 1 atom stereocenters. The van der Waals surface area contributed by atoms with Gasteiger partial charge in [-0.2, -0.15) is 0 Å². The van der Waals surface area contributed by atoms with Gasteiger partial charge in [0.05, 0.1) is 6.10 Å². The molecule has 2 aromatic rings. The molecule has 0 aliphatic rings. The van der Waals surface area contributed by atoms with E-state index < -0.39 is 6.10 Å². The maximum absolute atomic E-state index is 11.9. The first-order valence-corrected chi connectivity index (χ1v) is 7.32. The van der Waals surface area contributed by atoms with Gasteiger partial charge in [-0.25, -0.2) is 4.79 Å². The third-order valence-electron chi connectivity index (χ3n) is 3.68. The van der Waals surface area contributed by atoms with Gasteiger partial charge in [-0.05, 0) is 49.6 Å². The summed E-state index contributed by atoms with van der Waals surface area (Å²) in [7, 11) is 0. The summed E-state index contributed by atoms with van der Waals surface area (Å²) in [4.78, 5) is 11.9. The summed E-state index contributed by atoms with van der Waals surface area (Å²) in [5.41, 5.74) is 4.97. The molecule has 4 nitrogen and oxygen atoms in total. The fraction of sp³-hybridized carbons (Fsp3) is 0.278. The number of rotatable bonds is 4. The highest BCUT2D eigenvalue weighted by atomic mass is 16.3. The Labute approximate surface area is 131 Å². The highest BCUT2D eigenvalue weighted by molar-refractivity contribution is 5.89. The maximum atomic E-state index is 11.9. The van der Waals surface area contributed by atoms with E-state index in [1.165, 1.54) is 5.56 Å². The number of aliphatic hydroxyl groups excluding tert-OH is 1. The largest absolute Gasteiger partial charge is 0.387 e. The van der Waals surface area contributed by atoms with E-state index in [4.69, 9.17) is 0 Å². The van der Waals surface area contributed by atoms with Crippen LogP contribution < -0.4 is 10.6 Å². The van der Waals surface area contributed by atoms with Crippen molar-refractivity contribution >= 4 is 11.7 Å². The third-order valence-corrected chi connectivity index (χ3v) is 3.68. The molecule has 2 rings (SSSR count). The van der Waals surface area contributed by atoms with Crippen molar-refractivity contribution in [3.05, 3.63) is 64.7 Å². The molecule has 22 heavy (non-hydrogen) atoms. The van der Waals surface area contributed by atoms with Crippen LogP contribution in [0.4, 0.5) is 10.5 Å². The number of anilines is 1. The van der Waals surface area contributed by atoms with Crippen LogP contribution in [-0.2, 0) is 0 Å². The molecule has 0 radical (unpaired) electrons. The smallest absolute Gasteiger partial charge is 0.319 e. The zero-order valence-corrected chi connectivity index (χ0v) is 13.2. The van der Waals surface area contributed by atoms with Crippen LogP contribution in [0.3, 0.4) is 0 Å². The lowest BCUT2D eigenvalue weighted by Gasteiger charge is -2.13. The minimum absolute atomic E-state index is 0.166. The van der Waals surface area contributed by atoms with Crippen LogP contribution in [0.1, 0.15) is 28.4 Å². The highest BCUT2D eigenvalue weighted by Crippen LogP contribution is 2.15. The molecule has 2 amide bonds. The molecule has 0 aliphatic heterocycles. The average Bonchev–Trinajstić information content (AvgIpc) is 2.49. The average molecular weight is 298 g/mol. The van der Waals surface area contributed by atoms with E-state index >= 15 is 0 Å². The number of aryl methyl sites for hydroxylation is 3. The predicted molar refractivity (Wildman–Crippen MR) is 89.1 cm³/mol. The molecule has 2 aromatic carbocycles. The van der Waals surface area contributed by atoms with Gasteiger partial charge in [-0.3, -0.25) is 0 Å². The van der Waals surface area contributed by atoms with Gasteiger partial charge < -0.3 is 15.7 Å². The van der Waals surface area contributed by atoms with Crippen molar-refractivity contribution in [1.82, 2.24) is 5.32 Å². The van der Waals surface area contributed by atoms with E-state index in [1.807, 2.05) is 63.2 Å². The van der Waals surface area contributed by atoms with Crippen molar-refractivity contribution in [3.63, 3.8) is 0 Å². The first-order valence-electron chi connectivity index (χ1n) is 7.32. The molecule has 0 spiro atoms. The van der Waals surface area contributed by atoms with Crippen LogP contribution in [0.25, 0.3) is 0 Å². The van der Waals surface area contributed by atoms with E-state index in [0.29, 0.717) is 0 Å². The SMILES string of the molecule is Cc1ccc([C@@H](O)CNC(=O)Nc2ccc(C)c(C)c2)cc1. The molecule has 3 N–H and O–H groups in total. The molecule has 0 unspecified atom stereocenters. The number of urea groups is 1. The van der Waals surface area contributed by atoms with Crippen LogP contribution in [0.2, 0.25) is 0 Å². The van der Waals surface area contributed by atoms with Crippen LogP contribution in [0.15, 0.2) is 42.5 Å². The van der Waals surface area contributed by atoms with Crippen molar-refractivity contribution in [3.8, 4) is 0 Å². The van der Waals surface area contributed by atoms with Crippen molar-refractivity contribution in [2.24, 2.45) is 0 Å². The van der Waals surface area contributed by atoms with Gasteiger partial charge in [0.1, 0.15) is 0 Å². The van der Waals surface area contributed by atoms with E-state index in [0.717, 1.165) is 22.4 Å². The highest BCUT2D eigenvalue weighted by Gasteiger charge is 2.09. The number of amides is 2. The zero-order chi connectivity index (χ0) is 16.1. The number of nitrogens with one attached hydrogen (secondary N) is 2. The van der Waals surface area contributed by atoms with Gasteiger partial charge in [0, 0.05) is 12.2 Å². The second-order valence-electron chi connectivity index (χ2n) is 5.56. The van der Waals surface area contributed by atoms with Crippen molar-refractivity contribution in [2.75, 3.05) is 11.9 Å². The third kappa shape index (κ3) is 4.33. The second kappa shape index (κ2) is 7.09. The number of carbonyl (C=O) groups is 1. The fourth-order valence-corrected chi connectivity index (χ4v) is 2.09. The number of hydrogen-bond donors (Lipinski definition) is 3. The van der Waals surface area contributed by atoms with Gasteiger partial charge in [-0.1, -0.05) is 35.9 Å². The zero-order valence-electron chi connectivity index (χ0n) is 13.2. The van der Waals surface area contributed by atoms with Gasteiger partial charge in [0.25, 0.3) is 0 Å². The molecule has 0 bridgehead atoms. The van der Waals surface area contributed by atoms with Crippen LogP contribution >= 0.6 is 0 Å². The molecule has 0 fully saturated rings. The van der Waals surface area contributed by atoms with Crippen molar-refractivity contribution < 1.29 is 9.90 Å².